The molecule has 0 aromatic carbocycles. The molecule has 0 aromatic heterocycles. The Labute approximate surface area is 104 Å². The van der Waals surface area contributed by atoms with Gasteiger partial charge in [-0.1, -0.05) is 27.4 Å². The molecule has 0 bridgehead atoms. The highest BCUT2D eigenvalue weighted by atomic mass is 16.3. The lowest BCUT2D eigenvalue weighted by Crippen LogP contribution is -2.46. The van der Waals surface area contributed by atoms with E-state index in [1.54, 1.807) is 0 Å². The molecule has 2 N–H and O–H groups in total. The maximum atomic E-state index is 11.2. The lowest BCUT2D eigenvalue weighted by molar-refractivity contribution is -0.0402. The molecule has 3 rings (SSSR count). The summed E-state index contributed by atoms with van der Waals surface area (Å²) >= 11 is 0. The molecule has 0 heterocycles. The predicted octanol–water partition coefficient (Wildman–Crippen LogP) is 2.50. The van der Waals surface area contributed by atoms with Crippen molar-refractivity contribution in [1.82, 2.24) is 0 Å². The van der Waals surface area contributed by atoms with Gasteiger partial charge in [-0.3, -0.25) is 0 Å². The highest BCUT2D eigenvalue weighted by molar-refractivity contribution is 5.34. The maximum Gasteiger partial charge on any atom is 0.0946 e. The molecule has 3 fully saturated rings. The van der Waals surface area contributed by atoms with Crippen molar-refractivity contribution in [2.24, 2.45) is 22.7 Å². The van der Waals surface area contributed by atoms with Crippen molar-refractivity contribution in [1.29, 1.82) is 0 Å². The largest absolute Gasteiger partial charge is 0.389 e. The quantitative estimate of drug-likeness (QED) is 0.634. The van der Waals surface area contributed by atoms with Crippen LogP contribution in [0.25, 0.3) is 0 Å². The van der Waals surface area contributed by atoms with Crippen molar-refractivity contribution in [3.63, 3.8) is 0 Å². The van der Waals surface area contributed by atoms with E-state index in [2.05, 4.69) is 27.4 Å². The average Bonchev–Trinajstić information content (AvgIpc) is 2.66. The molecule has 5 unspecified atom stereocenters. The van der Waals surface area contributed by atoms with Gasteiger partial charge in [-0.25, -0.2) is 0 Å². The Morgan fingerprint density at radius 3 is 2.53 bits per heavy atom. The van der Waals surface area contributed by atoms with Crippen LogP contribution in [0.15, 0.2) is 12.2 Å². The molecule has 0 aromatic rings. The van der Waals surface area contributed by atoms with Gasteiger partial charge in [0.05, 0.1) is 11.7 Å². The van der Waals surface area contributed by atoms with E-state index in [0.717, 1.165) is 6.42 Å². The molecule has 0 saturated heterocycles. The van der Waals surface area contributed by atoms with E-state index in [9.17, 15) is 10.2 Å². The van der Waals surface area contributed by atoms with Gasteiger partial charge in [0.2, 0.25) is 0 Å². The van der Waals surface area contributed by atoms with E-state index >= 15 is 0 Å². The van der Waals surface area contributed by atoms with Crippen LogP contribution in [-0.4, -0.2) is 21.9 Å². The number of aliphatic hydroxyl groups is 2. The zero-order valence-electron chi connectivity index (χ0n) is 11.2. The third kappa shape index (κ3) is 1.18. The molecular formula is C15H24O2. The highest BCUT2D eigenvalue weighted by Crippen LogP contribution is 2.71. The zero-order chi connectivity index (χ0) is 12.6. The van der Waals surface area contributed by atoms with Crippen LogP contribution < -0.4 is 0 Å². The fraction of sp³-hybridized carbons (Fsp3) is 0.867. The van der Waals surface area contributed by atoms with Crippen molar-refractivity contribution in [3.05, 3.63) is 12.2 Å². The van der Waals surface area contributed by atoms with Gasteiger partial charge in [0.15, 0.2) is 0 Å². The van der Waals surface area contributed by atoms with Crippen molar-refractivity contribution in [2.45, 2.75) is 58.2 Å². The Hall–Kier alpha value is -0.340. The average molecular weight is 236 g/mol. The van der Waals surface area contributed by atoms with Gasteiger partial charge in [-0.15, -0.1) is 0 Å². The first-order valence-corrected chi connectivity index (χ1v) is 6.81. The highest BCUT2D eigenvalue weighted by Gasteiger charge is 2.70. The molecule has 0 amide bonds. The molecule has 0 radical (unpaired) electrons. The molecule has 0 spiro atoms. The van der Waals surface area contributed by atoms with Crippen molar-refractivity contribution in [2.75, 3.05) is 0 Å². The number of hydrogen-bond donors (Lipinski definition) is 2. The summed E-state index contributed by atoms with van der Waals surface area (Å²) in [4.78, 5) is 0. The second kappa shape index (κ2) is 2.97. The second-order valence-electron chi connectivity index (χ2n) is 7.58. The SMILES string of the molecule is C=C1C(O)CC2CC3(C)CCC(C)(C)C3C12O. The van der Waals surface area contributed by atoms with Crippen LogP contribution in [0.3, 0.4) is 0 Å². The molecule has 0 aliphatic heterocycles. The Balaban J connectivity index is 2.11. The smallest absolute Gasteiger partial charge is 0.0946 e. The van der Waals surface area contributed by atoms with Gasteiger partial charge in [-0.2, -0.15) is 0 Å². The van der Waals surface area contributed by atoms with E-state index in [4.69, 9.17) is 0 Å². The third-order valence-corrected chi connectivity index (χ3v) is 6.02. The molecule has 17 heavy (non-hydrogen) atoms. The summed E-state index contributed by atoms with van der Waals surface area (Å²) < 4.78 is 0. The van der Waals surface area contributed by atoms with E-state index < -0.39 is 11.7 Å². The minimum absolute atomic E-state index is 0.158. The second-order valence-corrected chi connectivity index (χ2v) is 7.58. The summed E-state index contributed by atoms with van der Waals surface area (Å²) in [5.41, 5.74) is 0.275. The summed E-state index contributed by atoms with van der Waals surface area (Å²) in [6.07, 6.45) is 3.64. The van der Waals surface area contributed by atoms with Gasteiger partial charge in [0.1, 0.15) is 0 Å². The topological polar surface area (TPSA) is 40.5 Å². The van der Waals surface area contributed by atoms with Crippen molar-refractivity contribution < 1.29 is 10.2 Å². The molecular weight excluding hydrogens is 212 g/mol. The minimum atomic E-state index is -0.811. The molecule has 3 saturated carbocycles. The molecule has 2 nitrogen and oxygen atoms in total. The Morgan fingerprint density at radius 2 is 1.88 bits per heavy atom. The van der Waals surface area contributed by atoms with E-state index in [-0.39, 0.29) is 22.7 Å². The fourth-order valence-corrected chi connectivity index (χ4v) is 5.53. The van der Waals surface area contributed by atoms with E-state index in [0.29, 0.717) is 12.0 Å². The molecule has 2 heteroatoms. The number of hydrogen-bond acceptors (Lipinski definition) is 2. The van der Waals surface area contributed by atoms with Crippen LogP contribution in [0.2, 0.25) is 0 Å². The zero-order valence-corrected chi connectivity index (χ0v) is 11.2. The number of fused-ring (bicyclic) bond motifs is 3. The summed E-state index contributed by atoms with van der Waals surface area (Å²) in [7, 11) is 0. The first kappa shape index (κ1) is 11.7. The molecule has 3 aliphatic rings. The fourth-order valence-electron chi connectivity index (χ4n) is 5.53. The van der Waals surface area contributed by atoms with Crippen LogP contribution in [-0.2, 0) is 0 Å². The van der Waals surface area contributed by atoms with Crippen LogP contribution in [0, 0.1) is 22.7 Å². The number of rotatable bonds is 0. The Bertz CT molecular complexity index is 386. The lowest BCUT2D eigenvalue weighted by Gasteiger charge is -2.42. The lowest BCUT2D eigenvalue weighted by atomic mass is 9.66. The van der Waals surface area contributed by atoms with Gasteiger partial charge >= 0.3 is 0 Å². The molecule has 96 valence electrons. The van der Waals surface area contributed by atoms with Crippen LogP contribution in [0.4, 0.5) is 0 Å². The monoisotopic (exact) mass is 236 g/mol. The summed E-state index contributed by atoms with van der Waals surface area (Å²) in [5, 5.41) is 21.2. The van der Waals surface area contributed by atoms with Gasteiger partial charge in [-0.05, 0) is 48.0 Å². The Kier molecular flexibility index (Phi) is 2.05. The van der Waals surface area contributed by atoms with E-state index in [1.807, 2.05) is 0 Å². The van der Waals surface area contributed by atoms with Crippen LogP contribution in [0.5, 0.6) is 0 Å². The molecule has 5 atom stereocenters. The summed E-state index contributed by atoms with van der Waals surface area (Å²) in [6.45, 7) is 10.9. The summed E-state index contributed by atoms with van der Waals surface area (Å²) in [6, 6.07) is 0. The van der Waals surface area contributed by atoms with E-state index in [1.165, 1.54) is 12.8 Å². The maximum absolute atomic E-state index is 11.2. The predicted molar refractivity (Wildman–Crippen MR) is 67.4 cm³/mol. The molecule has 3 aliphatic carbocycles. The minimum Gasteiger partial charge on any atom is -0.389 e. The number of aliphatic hydroxyl groups excluding tert-OH is 1. The normalized spacial score (nSPS) is 56.1. The van der Waals surface area contributed by atoms with Crippen molar-refractivity contribution >= 4 is 0 Å². The third-order valence-electron chi connectivity index (χ3n) is 6.02. The first-order chi connectivity index (χ1) is 7.72. The Morgan fingerprint density at radius 1 is 1.24 bits per heavy atom. The first-order valence-electron chi connectivity index (χ1n) is 6.81. The van der Waals surface area contributed by atoms with Gasteiger partial charge < -0.3 is 10.2 Å². The van der Waals surface area contributed by atoms with Gasteiger partial charge in [0.25, 0.3) is 0 Å². The van der Waals surface area contributed by atoms with Crippen LogP contribution >= 0.6 is 0 Å². The summed E-state index contributed by atoms with van der Waals surface area (Å²) in [5.74, 6) is 0.483. The van der Waals surface area contributed by atoms with Crippen molar-refractivity contribution in [3.8, 4) is 0 Å². The van der Waals surface area contributed by atoms with Gasteiger partial charge in [0, 0.05) is 5.92 Å². The standard InChI is InChI=1S/C15H24O2/c1-9-11(16)7-10-8-14(4)6-5-13(2,3)12(14)15(9,10)17/h10-12,16-17H,1,5-8H2,2-4H3. The van der Waals surface area contributed by atoms with Crippen LogP contribution in [0.1, 0.15) is 46.5 Å².